The van der Waals surface area contributed by atoms with E-state index in [0.29, 0.717) is 85.5 Å². The number of ether oxygens (including phenoxy) is 1. The number of nitrogens with one attached hydrogen (secondary N) is 1. The van der Waals surface area contributed by atoms with Crippen molar-refractivity contribution < 1.29 is 22.3 Å². The van der Waals surface area contributed by atoms with Crippen LogP contribution in [-0.2, 0) is 14.6 Å². The molecule has 0 aliphatic carbocycles. The average molecular weight is 756 g/mol. The van der Waals surface area contributed by atoms with E-state index in [0.717, 1.165) is 25.3 Å². The van der Waals surface area contributed by atoms with E-state index in [1.807, 2.05) is 12.1 Å². The van der Waals surface area contributed by atoms with E-state index in [9.17, 15) is 22.3 Å². The standard InChI is InChI=1S/C35H45N7O6S3/c1-50(44,45)41-13-8-27(9-14-41)42-33-24(19-31(34(42)43)32-20-30(23-49-32)51(46,47)29-10-17-48-18-11-29)21-36-35(38-33)37-25-4-6-26(7-5-25)40-16-15-39-12-2-3-28(39)22-40/h4-7,19-21,23,27-29,44-45H,2-3,8-18,22H2,1H3,(H,36,37,38). The van der Waals surface area contributed by atoms with E-state index in [1.54, 1.807) is 32.6 Å². The SMILES string of the molecule is CS(O)(O)N1CCC(n2c(=O)c(-c3cc(S(=O)(=O)C4CCOCC4)cs3)cc3cnc(Nc4ccc(N5CCN6CCCC6C5)cc4)nc32)CC1. The molecule has 3 N–H and O–H groups in total. The van der Waals surface area contributed by atoms with Crippen molar-refractivity contribution in [2.75, 3.05) is 69.0 Å². The molecule has 4 saturated heterocycles. The zero-order valence-electron chi connectivity index (χ0n) is 28.7. The number of hydrogen-bond acceptors (Lipinski definition) is 13. The van der Waals surface area contributed by atoms with E-state index >= 15 is 0 Å². The van der Waals surface area contributed by atoms with Crippen LogP contribution in [0.4, 0.5) is 17.3 Å². The summed E-state index contributed by atoms with van der Waals surface area (Å²) in [6.07, 6.45) is 7.59. The number of thiophene rings is 1. The Morgan fingerprint density at radius 1 is 0.941 bits per heavy atom. The van der Waals surface area contributed by atoms with Gasteiger partial charge >= 0.3 is 0 Å². The molecule has 13 nitrogen and oxygen atoms in total. The van der Waals surface area contributed by atoms with Crippen molar-refractivity contribution in [1.82, 2.24) is 23.7 Å². The smallest absolute Gasteiger partial charge is 0.261 e. The molecule has 3 aromatic heterocycles. The van der Waals surface area contributed by atoms with E-state index in [-0.39, 0.29) is 16.5 Å². The highest BCUT2D eigenvalue weighted by molar-refractivity contribution is 8.21. The van der Waals surface area contributed by atoms with Crippen molar-refractivity contribution in [2.45, 2.75) is 60.8 Å². The summed E-state index contributed by atoms with van der Waals surface area (Å²) in [5, 5.41) is 5.11. The Kier molecular flexibility index (Phi) is 9.63. The summed E-state index contributed by atoms with van der Waals surface area (Å²) in [4.78, 5) is 29.8. The monoisotopic (exact) mass is 755 g/mol. The number of hydrogen-bond donors (Lipinski definition) is 3. The van der Waals surface area contributed by atoms with Gasteiger partial charge in [0.1, 0.15) is 5.65 Å². The highest BCUT2D eigenvalue weighted by Crippen LogP contribution is 2.42. The molecule has 0 saturated carbocycles. The Bertz CT molecular complexity index is 2050. The Labute approximate surface area is 303 Å². The first-order valence-corrected chi connectivity index (χ1v) is 22.1. The lowest BCUT2D eigenvalue weighted by Crippen LogP contribution is -2.50. The fourth-order valence-electron chi connectivity index (χ4n) is 8.04. The highest BCUT2D eigenvalue weighted by atomic mass is 32.3. The summed E-state index contributed by atoms with van der Waals surface area (Å²) in [6, 6.07) is 12.1. The van der Waals surface area contributed by atoms with Crippen LogP contribution in [0.25, 0.3) is 21.5 Å². The number of pyridine rings is 1. The van der Waals surface area contributed by atoms with Crippen molar-refractivity contribution >= 4 is 60.3 Å². The number of sulfone groups is 1. The first kappa shape index (κ1) is 35.0. The van der Waals surface area contributed by atoms with Gasteiger partial charge in [-0.15, -0.1) is 22.1 Å². The molecule has 274 valence electrons. The lowest BCUT2D eigenvalue weighted by atomic mass is 10.0. The van der Waals surface area contributed by atoms with Gasteiger partial charge in [0.2, 0.25) is 5.95 Å². The van der Waals surface area contributed by atoms with Gasteiger partial charge in [0.25, 0.3) is 5.56 Å². The highest BCUT2D eigenvalue weighted by Gasteiger charge is 2.33. The lowest BCUT2D eigenvalue weighted by Gasteiger charge is -2.43. The minimum atomic E-state index is -3.57. The van der Waals surface area contributed by atoms with E-state index < -0.39 is 25.9 Å². The third-order valence-electron chi connectivity index (χ3n) is 10.9. The van der Waals surface area contributed by atoms with Gasteiger partial charge in [-0.2, -0.15) is 4.98 Å². The van der Waals surface area contributed by atoms with Crippen LogP contribution >= 0.6 is 22.1 Å². The van der Waals surface area contributed by atoms with E-state index in [2.05, 4.69) is 32.2 Å². The summed E-state index contributed by atoms with van der Waals surface area (Å²) < 4.78 is 56.3. The second kappa shape index (κ2) is 14.0. The van der Waals surface area contributed by atoms with Crippen molar-refractivity contribution in [2.24, 2.45) is 0 Å². The first-order valence-electron chi connectivity index (χ1n) is 17.7. The normalized spacial score (nSPS) is 22.0. The van der Waals surface area contributed by atoms with Crippen LogP contribution in [0, 0.1) is 0 Å². The number of anilines is 3. The van der Waals surface area contributed by atoms with Gasteiger partial charge in [-0.3, -0.25) is 23.4 Å². The van der Waals surface area contributed by atoms with Gasteiger partial charge < -0.3 is 15.0 Å². The van der Waals surface area contributed by atoms with Crippen LogP contribution < -0.4 is 15.8 Å². The molecule has 1 aromatic carbocycles. The Balaban J connectivity index is 1.10. The molecule has 4 aromatic rings. The Morgan fingerprint density at radius 2 is 1.71 bits per heavy atom. The third-order valence-corrected chi connectivity index (χ3v) is 15.6. The minimum Gasteiger partial charge on any atom is -0.381 e. The molecule has 0 spiro atoms. The van der Waals surface area contributed by atoms with E-state index in [1.165, 1.54) is 42.7 Å². The van der Waals surface area contributed by atoms with Crippen molar-refractivity contribution in [3.63, 3.8) is 0 Å². The van der Waals surface area contributed by atoms with Gasteiger partial charge in [0.05, 0.1) is 15.7 Å². The first-order chi connectivity index (χ1) is 24.5. The third kappa shape index (κ3) is 7.04. The van der Waals surface area contributed by atoms with Crippen LogP contribution in [0.5, 0.6) is 0 Å². The zero-order valence-corrected chi connectivity index (χ0v) is 31.1. The fourth-order valence-corrected chi connectivity index (χ4v) is 12.0. The van der Waals surface area contributed by atoms with Gasteiger partial charge in [-0.1, -0.05) is 0 Å². The zero-order chi connectivity index (χ0) is 35.3. The molecule has 1 atom stereocenters. The number of benzene rings is 1. The Morgan fingerprint density at radius 3 is 2.45 bits per heavy atom. The second-order valence-electron chi connectivity index (χ2n) is 14.1. The summed E-state index contributed by atoms with van der Waals surface area (Å²) in [7, 11) is -6.44. The molecule has 8 rings (SSSR count). The Hall–Kier alpha value is -3.09. The molecule has 4 fully saturated rings. The quantitative estimate of drug-likeness (QED) is 0.210. The predicted molar refractivity (Wildman–Crippen MR) is 203 cm³/mol. The fraction of sp³-hybridized carbons (Fsp3) is 0.514. The molecule has 0 amide bonds. The molecule has 0 radical (unpaired) electrons. The van der Waals surface area contributed by atoms with Crippen LogP contribution in [0.1, 0.15) is 44.6 Å². The number of fused-ring (bicyclic) bond motifs is 2. The lowest BCUT2D eigenvalue weighted by molar-refractivity contribution is 0.0983. The molecule has 7 heterocycles. The number of nitrogens with zero attached hydrogens (tertiary/aromatic N) is 6. The molecule has 51 heavy (non-hydrogen) atoms. The van der Waals surface area contributed by atoms with Crippen LogP contribution in [0.15, 0.2) is 57.7 Å². The van der Waals surface area contributed by atoms with Crippen LogP contribution in [-0.4, -0.2) is 111 Å². The molecular weight excluding hydrogens is 711 g/mol. The molecular formula is C35H45N7O6S3. The number of piperidine rings is 1. The van der Waals surface area contributed by atoms with Gasteiger partial charge in [-0.25, -0.2) is 17.7 Å². The molecule has 4 aliphatic rings. The number of rotatable bonds is 8. The molecule has 0 bridgehead atoms. The molecule has 1 unspecified atom stereocenters. The maximum atomic E-state index is 14.5. The summed E-state index contributed by atoms with van der Waals surface area (Å²) in [5.41, 5.74) is 2.63. The van der Waals surface area contributed by atoms with Crippen molar-refractivity contribution in [3.8, 4) is 10.4 Å². The maximum absolute atomic E-state index is 14.5. The number of piperazine rings is 1. The van der Waals surface area contributed by atoms with E-state index in [4.69, 9.17) is 9.72 Å². The summed E-state index contributed by atoms with van der Waals surface area (Å²) in [5.74, 6) is 0.358. The number of aromatic nitrogens is 3. The average Bonchev–Trinajstić information content (AvgIpc) is 3.83. The van der Waals surface area contributed by atoms with Crippen LogP contribution in [0.2, 0.25) is 0 Å². The largest absolute Gasteiger partial charge is 0.381 e. The van der Waals surface area contributed by atoms with Crippen molar-refractivity contribution in [3.05, 3.63) is 58.3 Å². The molecule has 4 aliphatic heterocycles. The van der Waals surface area contributed by atoms with Crippen molar-refractivity contribution in [1.29, 1.82) is 0 Å². The summed E-state index contributed by atoms with van der Waals surface area (Å²) >= 11 is 1.24. The maximum Gasteiger partial charge on any atom is 0.261 e. The predicted octanol–water partition coefficient (Wildman–Crippen LogP) is 5.43. The second-order valence-corrected chi connectivity index (χ2v) is 19.4. The van der Waals surface area contributed by atoms with Gasteiger partial charge in [0, 0.05) is 97.5 Å². The minimum absolute atomic E-state index is 0.226. The molecule has 16 heteroatoms. The van der Waals surface area contributed by atoms with Crippen LogP contribution in [0.3, 0.4) is 0 Å². The van der Waals surface area contributed by atoms with Gasteiger partial charge in [-0.05, 0) is 81.5 Å². The topological polar surface area (TPSA) is 153 Å². The van der Waals surface area contributed by atoms with Gasteiger partial charge in [0.15, 0.2) is 9.84 Å². The summed E-state index contributed by atoms with van der Waals surface area (Å²) in [6.45, 7) is 6.04.